The van der Waals surface area contributed by atoms with Crippen LogP contribution in [0.4, 0.5) is 0 Å². The molecule has 0 aliphatic heterocycles. The molecule has 3 N–H and O–H groups in total. The Morgan fingerprint density at radius 2 is 1.55 bits per heavy atom. The normalized spacial score (nSPS) is 9.86. The van der Waals surface area contributed by atoms with E-state index in [9.17, 15) is 4.79 Å². The molecule has 0 radical (unpaired) electrons. The number of aromatic carboxylic acids is 1. The number of hydrogen-bond acceptors (Lipinski definition) is 3. The van der Waals surface area contributed by atoms with E-state index in [2.05, 4.69) is 0 Å². The van der Waals surface area contributed by atoms with Gasteiger partial charge in [0.05, 0.1) is 10.6 Å². The average molecular weight is 317 g/mol. The van der Waals surface area contributed by atoms with Crippen molar-refractivity contribution in [2.45, 2.75) is 0 Å². The molecule has 0 saturated carbocycles. The van der Waals surface area contributed by atoms with E-state index < -0.39 is 5.97 Å². The van der Waals surface area contributed by atoms with E-state index in [0.29, 0.717) is 5.75 Å². The van der Waals surface area contributed by atoms with Crippen LogP contribution in [0.5, 0.6) is 11.5 Å². The zero-order chi connectivity index (χ0) is 16.1. The summed E-state index contributed by atoms with van der Waals surface area (Å²) in [5, 5.41) is 28.8. The summed E-state index contributed by atoms with van der Waals surface area (Å²) >= 11 is 5.44. The first-order valence-corrected chi connectivity index (χ1v) is 6.75. The van der Waals surface area contributed by atoms with Gasteiger partial charge in [0.15, 0.2) is 0 Å². The van der Waals surface area contributed by atoms with E-state index in [-0.39, 0.29) is 16.3 Å². The molecule has 0 aliphatic carbocycles. The monoisotopic (exact) mass is 316 g/mol. The SMILES string of the molecule is O=C(O)c1ccc(O)c(Cl)c1.Oc1ccc2ccccc2c1. The van der Waals surface area contributed by atoms with E-state index in [1.807, 2.05) is 30.3 Å². The summed E-state index contributed by atoms with van der Waals surface area (Å²) in [4.78, 5) is 10.3. The molecule has 3 aromatic carbocycles. The van der Waals surface area contributed by atoms with Crippen LogP contribution in [0, 0.1) is 0 Å². The first-order valence-electron chi connectivity index (χ1n) is 6.37. The molecule has 4 nitrogen and oxygen atoms in total. The van der Waals surface area contributed by atoms with Crippen LogP contribution >= 0.6 is 11.6 Å². The van der Waals surface area contributed by atoms with Gasteiger partial charge in [-0.05, 0) is 41.1 Å². The fraction of sp³-hybridized carbons (Fsp3) is 0. The maximum absolute atomic E-state index is 10.3. The third-order valence-corrected chi connectivity index (χ3v) is 3.23. The van der Waals surface area contributed by atoms with Gasteiger partial charge in [0.1, 0.15) is 11.5 Å². The van der Waals surface area contributed by atoms with Crippen molar-refractivity contribution in [1.82, 2.24) is 0 Å². The quantitative estimate of drug-likeness (QED) is 0.626. The fourth-order valence-corrected chi connectivity index (χ4v) is 2.00. The second kappa shape index (κ2) is 6.83. The van der Waals surface area contributed by atoms with Crippen molar-refractivity contribution in [2.75, 3.05) is 0 Å². The van der Waals surface area contributed by atoms with Crippen LogP contribution in [0.3, 0.4) is 0 Å². The number of carboxylic acid groups (broad SMARTS) is 1. The molecule has 0 fully saturated rings. The van der Waals surface area contributed by atoms with E-state index in [4.69, 9.17) is 26.9 Å². The number of hydrogen-bond donors (Lipinski definition) is 3. The van der Waals surface area contributed by atoms with Gasteiger partial charge in [0.2, 0.25) is 0 Å². The summed E-state index contributed by atoms with van der Waals surface area (Å²) in [5.41, 5.74) is 0.0628. The van der Waals surface area contributed by atoms with Crippen LogP contribution in [0.25, 0.3) is 10.8 Å². The molecule has 0 unspecified atom stereocenters. The Balaban J connectivity index is 0.000000160. The molecular weight excluding hydrogens is 304 g/mol. The van der Waals surface area contributed by atoms with Gasteiger partial charge in [-0.3, -0.25) is 0 Å². The second-order valence-electron chi connectivity index (χ2n) is 4.50. The average Bonchev–Trinajstić information content (AvgIpc) is 2.50. The molecule has 0 aromatic heterocycles. The molecule has 0 aliphatic rings. The van der Waals surface area contributed by atoms with Crippen molar-refractivity contribution in [1.29, 1.82) is 0 Å². The lowest BCUT2D eigenvalue weighted by atomic mass is 10.1. The summed E-state index contributed by atoms with van der Waals surface area (Å²) in [6, 6.07) is 17.0. The molecule has 0 heterocycles. The number of rotatable bonds is 1. The van der Waals surface area contributed by atoms with Crippen LogP contribution in [0.1, 0.15) is 10.4 Å². The van der Waals surface area contributed by atoms with Crippen molar-refractivity contribution in [3.8, 4) is 11.5 Å². The van der Waals surface area contributed by atoms with Crippen LogP contribution in [0.2, 0.25) is 5.02 Å². The van der Waals surface area contributed by atoms with Gasteiger partial charge in [-0.2, -0.15) is 0 Å². The van der Waals surface area contributed by atoms with Gasteiger partial charge in [0, 0.05) is 0 Å². The van der Waals surface area contributed by atoms with Crippen LogP contribution in [0.15, 0.2) is 60.7 Å². The first kappa shape index (κ1) is 15.7. The lowest BCUT2D eigenvalue weighted by Crippen LogP contribution is -1.94. The highest BCUT2D eigenvalue weighted by atomic mass is 35.5. The van der Waals surface area contributed by atoms with Gasteiger partial charge < -0.3 is 15.3 Å². The molecule has 5 heteroatoms. The summed E-state index contributed by atoms with van der Waals surface area (Å²) in [6.07, 6.45) is 0. The van der Waals surface area contributed by atoms with E-state index in [0.717, 1.165) is 10.8 Å². The Bertz CT molecular complexity index is 815. The zero-order valence-electron chi connectivity index (χ0n) is 11.4. The summed E-state index contributed by atoms with van der Waals surface area (Å²) in [5.74, 6) is -0.854. The smallest absolute Gasteiger partial charge is 0.335 e. The van der Waals surface area contributed by atoms with Crippen LogP contribution < -0.4 is 0 Å². The highest BCUT2D eigenvalue weighted by Crippen LogP contribution is 2.23. The fourth-order valence-electron chi connectivity index (χ4n) is 1.82. The lowest BCUT2D eigenvalue weighted by molar-refractivity contribution is 0.0697. The minimum atomic E-state index is -1.06. The lowest BCUT2D eigenvalue weighted by Gasteiger charge is -1.96. The van der Waals surface area contributed by atoms with Gasteiger partial charge in [-0.25, -0.2) is 4.79 Å². The number of phenols is 2. The molecule has 0 bridgehead atoms. The highest BCUT2D eigenvalue weighted by Gasteiger charge is 2.04. The zero-order valence-corrected chi connectivity index (χ0v) is 12.2. The minimum Gasteiger partial charge on any atom is -0.508 e. The first-order chi connectivity index (χ1) is 10.5. The molecule has 0 atom stereocenters. The topological polar surface area (TPSA) is 77.8 Å². The second-order valence-corrected chi connectivity index (χ2v) is 4.91. The van der Waals surface area contributed by atoms with Gasteiger partial charge in [0.25, 0.3) is 0 Å². The summed E-state index contributed by atoms with van der Waals surface area (Å²) < 4.78 is 0. The predicted octanol–water partition coefficient (Wildman–Crippen LogP) is 4.29. The van der Waals surface area contributed by atoms with Crippen molar-refractivity contribution in [3.05, 3.63) is 71.2 Å². The van der Waals surface area contributed by atoms with Crippen molar-refractivity contribution >= 4 is 28.3 Å². The Hall–Kier alpha value is -2.72. The molecule has 22 heavy (non-hydrogen) atoms. The predicted molar refractivity (Wildman–Crippen MR) is 85.7 cm³/mol. The third kappa shape index (κ3) is 3.90. The van der Waals surface area contributed by atoms with E-state index in [1.54, 1.807) is 12.1 Å². The molecular formula is C17H13ClO4. The summed E-state index contributed by atoms with van der Waals surface area (Å²) in [7, 11) is 0. The summed E-state index contributed by atoms with van der Waals surface area (Å²) in [6.45, 7) is 0. The minimum absolute atomic E-state index is 0.0462. The van der Waals surface area contributed by atoms with Crippen LogP contribution in [-0.4, -0.2) is 21.3 Å². The van der Waals surface area contributed by atoms with Gasteiger partial charge in [-0.15, -0.1) is 0 Å². The molecule has 3 rings (SSSR count). The van der Waals surface area contributed by atoms with E-state index in [1.165, 1.54) is 18.2 Å². The third-order valence-electron chi connectivity index (χ3n) is 2.93. The molecule has 3 aromatic rings. The number of aromatic hydroxyl groups is 2. The number of carbonyl (C=O) groups is 1. The molecule has 0 spiro atoms. The van der Waals surface area contributed by atoms with Crippen LogP contribution in [-0.2, 0) is 0 Å². The standard InChI is InChI=1S/C10H8O.C7H5ClO3/c11-10-6-5-8-3-1-2-4-9(8)7-10;8-5-3-4(7(10)11)1-2-6(5)9/h1-7,11H;1-3,9H,(H,10,11). The molecule has 0 saturated heterocycles. The van der Waals surface area contributed by atoms with Gasteiger partial charge in [-0.1, -0.05) is 41.9 Å². The molecule has 0 amide bonds. The molecule has 112 valence electrons. The van der Waals surface area contributed by atoms with Crippen molar-refractivity contribution in [3.63, 3.8) is 0 Å². The Morgan fingerprint density at radius 1 is 0.864 bits per heavy atom. The number of carboxylic acids is 1. The Morgan fingerprint density at radius 3 is 2.18 bits per heavy atom. The highest BCUT2D eigenvalue weighted by molar-refractivity contribution is 6.32. The number of halogens is 1. The number of fused-ring (bicyclic) bond motifs is 1. The maximum Gasteiger partial charge on any atom is 0.335 e. The number of benzene rings is 3. The van der Waals surface area contributed by atoms with Gasteiger partial charge >= 0.3 is 5.97 Å². The number of phenolic OH excluding ortho intramolecular Hbond substituents is 2. The van der Waals surface area contributed by atoms with E-state index >= 15 is 0 Å². The largest absolute Gasteiger partial charge is 0.508 e. The maximum atomic E-state index is 10.3. The van der Waals surface area contributed by atoms with Crippen molar-refractivity contribution < 1.29 is 20.1 Å². The Kier molecular flexibility index (Phi) is 4.86. The Labute approximate surface area is 131 Å². The van der Waals surface area contributed by atoms with Crippen molar-refractivity contribution in [2.24, 2.45) is 0 Å².